The van der Waals surface area contributed by atoms with Crippen molar-refractivity contribution in [2.75, 3.05) is 5.32 Å². The molecule has 1 aliphatic heterocycles. The van der Waals surface area contributed by atoms with Crippen molar-refractivity contribution in [1.29, 1.82) is 0 Å². The molecule has 3 aromatic carbocycles. The van der Waals surface area contributed by atoms with Crippen LogP contribution in [0, 0.1) is 20.8 Å². The molecule has 3 aromatic rings. The van der Waals surface area contributed by atoms with Gasteiger partial charge < -0.3 is 5.32 Å². The molecular formula is C26H23ClN2O2. The maximum Gasteiger partial charge on any atom is 0.278 e. The van der Waals surface area contributed by atoms with E-state index in [0.717, 1.165) is 33.5 Å². The lowest BCUT2D eigenvalue weighted by atomic mass is 10.0. The minimum Gasteiger partial charge on any atom is -0.350 e. The number of nitrogens with one attached hydrogen (secondary N) is 1. The number of aryl methyl sites for hydroxylation is 2. The van der Waals surface area contributed by atoms with E-state index in [9.17, 15) is 9.59 Å². The van der Waals surface area contributed by atoms with Crippen LogP contribution in [0.3, 0.4) is 0 Å². The summed E-state index contributed by atoms with van der Waals surface area (Å²) < 4.78 is 0. The molecule has 0 unspecified atom stereocenters. The highest BCUT2D eigenvalue weighted by molar-refractivity contribution is 6.36. The Morgan fingerprint density at radius 1 is 0.839 bits per heavy atom. The lowest BCUT2D eigenvalue weighted by Gasteiger charge is -2.16. The molecule has 2 amide bonds. The van der Waals surface area contributed by atoms with Crippen molar-refractivity contribution in [3.63, 3.8) is 0 Å². The SMILES string of the molecule is Cc1ccc(C2=C(Nc3cccc(C)c3C)C(=O)N(Cc3ccc(Cl)cc3)C2=O)cc1. The van der Waals surface area contributed by atoms with E-state index in [0.29, 0.717) is 16.3 Å². The van der Waals surface area contributed by atoms with Crippen LogP contribution in [0.4, 0.5) is 5.69 Å². The van der Waals surface area contributed by atoms with E-state index in [2.05, 4.69) is 5.32 Å². The molecule has 0 bridgehead atoms. The van der Waals surface area contributed by atoms with Gasteiger partial charge in [0.2, 0.25) is 0 Å². The molecule has 156 valence electrons. The Bertz CT molecular complexity index is 1200. The van der Waals surface area contributed by atoms with Crippen molar-refractivity contribution in [2.45, 2.75) is 27.3 Å². The van der Waals surface area contributed by atoms with Crippen molar-refractivity contribution < 1.29 is 9.59 Å². The number of hydrogen-bond acceptors (Lipinski definition) is 3. The Hall–Kier alpha value is -3.37. The number of carbonyl (C=O) groups excluding carboxylic acids is 2. The van der Waals surface area contributed by atoms with Gasteiger partial charge in [0.05, 0.1) is 12.1 Å². The molecule has 5 heteroatoms. The minimum atomic E-state index is -0.337. The van der Waals surface area contributed by atoms with Gasteiger partial charge in [-0.1, -0.05) is 65.7 Å². The van der Waals surface area contributed by atoms with Gasteiger partial charge in [-0.05, 0) is 61.2 Å². The number of amides is 2. The fourth-order valence-corrected chi connectivity index (χ4v) is 3.74. The number of nitrogens with zero attached hydrogens (tertiary/aromatic N) is 1. The zero-order chi connectivity index (χ0) is 22.1. The molecule has 0 saturated carbocycles. The van der Waals surface area contributed by atoms with Crippen LogP contribution in [0.25, 0.3) is 5.57 Å². The van der Waals surface area contributed by atoms with Gasteiger partial charge in [-0.15, -0.1) is 0 Å². The van der Waals surface area contributed by atoms with E-state index in [1.807, 2.05) is 75.4 Å². The second-order valence-corrected chi connectivity index (χ2v) is 8.25. The molecule has 0 fully saturated rings. The van der Waals surface area contributed by atoms with Crippen molar-refractivity contribution >= 4 is 34.7 Å². The number of anilines is 1. The number of benzene rings is 3. The predicted molar refractivity (Wildman–Crippen MR) is 125 cm³/mol. The molecule has 4 rings (SSSR count). The summed E-state index contributed by atoms with van der Waals surface area (Å²) in [4.78, 5) is 28.1. The monoisotopic (exact) mass is 430 g/mol. The van der Waals surface area contributed by atoms with Crippen molar-refractivity contribution in [3.8, 4) is 0 Å². The summed E-state index contributed by atoms with van der Waals surface area (Å²) in [6, 6.07) is 20.7. The van der Waals surface area contributed by atoms with E-state index in [4.69, 9.17) is 11.6 Å². The summed E-state index contributed by atoms with van der Waals surface area (Å²) in [6.45, 7) is 6.19. The maximum atomic E-state index is 13.4. The van der Waals surface area contributed by atoms with Crippen molar-refractivity contribution in [2.24, 2.45) is 0 Å². The molecule has 0 aromatic heterocycles. The molecule has 0 spiro atoms. The molecule has 0 aliphatic carbocycles. The van der Waals surface area contributed by atoms with Crippen LogP contribution in [-0.2, 0) is 16.1 Å². The van der Waals surface area contributed by atoms with Crippen molar-refractivity contribution in [1.82, 2.24) is 4.90 Å². The largest absolute Gasteiger partial charge is 0.350 e. The molecule has 4 nitrogen and oxygen atoms in total. The third-order valence-corrected chi connectivity index (χ3v) is 5.88. The van der Waals surface area contributed by atoms with E-state index in [1.165, 1.54) is 4.90 Å². The zero-order valence-corrected chi connectivity index (χ0v) is 18.5. The molecule has 1 heterocycles. The molecule has 0 saturated heterocycles. The zero-order valence-electron chi connectivity index (χ0n) is 17.7. The maximum absolute atomic E-state index is 13.4. The van der Waals surface area contributed by atoms with Crippen LogP contribution in [0.15, 0.2) is 72.4 Å². The second kappa shape index (κ2) is 8.40. The molecule has 0 atom stereocenters. The summed E-state index contributed by atoms with van der Waals surface area (Å²) in [5.41, 5.74) is 6.29. The summed E-state index contributed by atoms with van der Waals surface area (Å²) in [5, 5.41) is 3.87. The smallest absolute Gasteiger partial charge is 0.278 e. The number of halogens is 1. The van der Waals surface area contributed by atoms with Crippen LogP contribution in [-0.4, -0.2) is 16.7 Å². The highest BCUT2D eigenvalue weighted by Crippen LogP contribution is 2.33. The summed E-state index contributed by atoms with van der Waals surface area (Å²) in [6.07, 6.45) is 0. The topological polar surface area (TPSA) is 49.4 Å². The number of imide groups is 1. The fourth-order valence-electron chi connectivity index (χ4n) is 3.62. The van der Waals surface area contributed by atoms with Gasteiger partial charge in [-0.25, -0.2) is 0 Å². The van der Waals surface area contributed by atoms with Crippen LogP contribution in [0.5, 0.6) is 0 Å². The average molecular weight is 431 g/mol. The standard InChI is InChI=1S/C26H23ClN2O2/c1-16-7-11-20(12-8-16)23-24(28-22-6-4-5-17(2)18(22)3)26(31)29(25(23)30)15-19-9-13-21(27)14-10-19/h4-14,28H,15H2,1-3H3. The summed E-state index contributed by atoms with van der Waals surface area (Å²) in [7, 11) is 0. The quantitative estimate of drug-likeness (QED) is 0.531. The van der Waals surface area contributed by atoms with Gasteiger partial charge in [0.25, 0.3) is 11.8 Å². The number of rotatable bonds is 5. The minimum absolute atomic E-state index is 0.183. The Balaban J connectivity index is 1.76. The van der Waals surface area contributed by atoms with Crippen LogP contribution < -0.4 is 5.32 Å². The average Bonchev–Trinajstić information content (AvgIpc) is 2.98. The Morgan fingerprint density at radius 3 is 2.19 bits per heavy atom. The highest BCUT2D eigenvalue weighted by Gasteiger charge is 2.39. The van der Waals surface area contributed by atoms with Crippen molar-refractivity contribution in [3.05, 3.63) is 105 Å². The van der Waals surface area contributed by atoms with Crippen LogP contribution in [0.1, 0.15) is 27.8 Å². The van der Waals surface area contributed by atoms with Gasteiger partial charge >= 0.3 is 0 Å². The molecular weight excluding hydrogens is 408 g/mol. The van der Waals surface area contributed by atoms with Gasteiger partial charge in [-0.2, -0.15) is 0 Å². The lowest BCUT2D eigenvalue weighted by molar-refractivity contribution is -0.137. The Morgan fingerprint density at radius 2 is 1.52 bits per heavy atom. The first-order valence-electron chi connectivity index (χ1n) is 10.1. The van der Waals surface area contributed by atoms with E-state index >= 15 is 0 Å². The highest BCUT2D eigenvalue weighted by atomic mass is 35.5. The van der Waals surface area contributed by atoms with E-state index in [1.54, 1.807) is 12.1 Å². The first-order valence-corrected chi connectivity index (χ1v) is 10.5. The predicted octanol–water partition coefficient (Wildman–Crippen LogP) is 5.66. The normalized spacial score (nSPS) is 13.9. The number of carbonyl (C=O) groups is 2. The van der Waals surface area contributed by atoms with E-state index < -0.39 is 0 Å². The number of hydrogen-bond donors (Lipinski definition) is 1. The van der Waals surface area contributed by atoms with Gasteiger partial charge in [-0.3, -0.25) is 14.5 Å². The second-order valence-electron chi connectivity index (χ2n) is 7.81. The molecule has 1 aliphatic rings. The third-order valence-electron chi connectivity index (χ3n) is 5.63. The van der Waals surface area contributed by atoms with Crippen LogP contribution in [0.2, 0.25) is 5.02 Å². The van der Waals surface area contributed by atoms with Gasteiger partial charge in [0.15, 0.2) is 0 Å². The van der Waals surface area contributed by atoms with Gasteiger partial charge in [0, 0.05) is 10.7 Å². The lowest BCUT2D eigenvalue weighted by Crippen LogP contribution is -2.32. The molecule has 0 radical (unpaired) electrons. The first kappa shape index (κ1) is 20.9. The molecule has 1 N–H and O–H groups in total. The Labute approximate surface area is 187 Å². The van der Waals surface area contributed by atoms with Gasteiger partial charge in [0.1, 0.15) is 5.70 Å². The summed E-state index contributed by atoms with van der Waals surface area (Å²) >= 11 is 5.98. The van der Waals surface area contributed by atoms with Crippen LogP contribution >= 0.6 is 11.6 Å². The third kappa shape index (κ3) is 4.12. The molecule has 31 heavy (non-hydrogen) atoms. The van der Waals surface area contributed by atoms with E-state index in [-0.39, 0.29) is 18.4 Å². The summed E-state index contributed by atoms with van der Waals surface area (Å²) in [5.74, 6) is -0.645. The first-order chi connectivity index (χ1) is 14.8. The fraction of sp³-hybridized carbons (Fsp3) is 0.154. The Kier molecular flexibility index (Phi) is 5.66.